The fourth-order valence-electron chi connectivity index (χ4n) is 3.10. The number of hydrogen-bond donors (Lipinski definition) is 2. The van der Waals surface area contributed by atoms with Crippen molar-refractivity contribution in [3.05, 3.63) is 18.0 Å². The molecule has 0 bridgehead atoms. The van der Waals surface area contributed by atoms with Crippen LogP contribution in [0.2, 0.25) is 0 Å². The van der Waals surface area contributed by atoms with Gasteiger partial charge in [0.15, 0.2) is 0 Å². The van der Waals surface area contributed by atoms with Crippen LogP contribution in [0.15, 0.2) is 12.4 Å². The van der Waals surface area contributed by atoms with E-state index in [9.17, 15) is 0 Å². The van der Waals surface area contributed by atoms with Crippen molar-refractivity contribution in [1.82, 2.24) is 15.2 Å². The van der Waals surface area contributed by atoms with E-state index in [1.165, 1.54) is 19.3 Å². The van der Waals surface area contributed by atoms with E-state index in [-0.39, 0.29) is 11.6 Å². The molecule has 1 unspecified atom stereocenters. The van der Waals surface area contributed by atoms with Gasteiger partial charge in [-0.05, 0) is 19.8 Å². The highest BCUT2D eigenvalue weighted by molar-refractivity contribution is 5.16. The highest BCUT2D eigenvalue weighted by Crippen LogP contribution is 2.41. The van der Waals surface area contributed by atoms with E-state index < -0.39 is 0 Å². The van der Waals surface area contributed by atoms with Gasteiger partial charge in [0.25, 0.3) is 0 Å². The molecule has 5 heteroatoms. The van der Waals surface area contributed by atoms with Crippen molar-refractivity contribution in [2.24, 2.45) is 12.9 Å². The zero-order valence-electron chi connectivity index (χ0n) is 11.4. The summed E-state index contributed by atoms with van der Waals surface area (Å²) < 4.78 is 7.92. The number of aromatic nitrogens is 2. The molecule has 0 spiro atoms. The van der Waals surface area contributed by atoms with E-state index in [0.717, 1.165) is 25.0 Å². The maximum atomic E-state index is 6.11. The Morgan fingerprint density at radius 3 is 2.72 bits per heavy atom. The van der Waals surface area contributed by atoms with Gasteiger partial charge in [0.05, 0.1) is 17.8 Å². The molecule has 0 radical (unpaired) electrons. The smallest absolute Gasteiger partial charge is 0.0890 e. The third-order valence-electron chi connectivity index (χ3n) is 3.88. The van der Waals surface area contributed by atoms with Crippen molar-refractivity contribution in [3.8, 4) is 0 Å². The summed E-state index contributed by atoms with van der Waals surface area (Å²) >= 11 is 0. The second kappa shape index (κ2) is 5.82. The Labute approximate surface area is 109 Å². The first-order chi connectivity index (χ1) is 8.72. The SMILES string of the molecule is CCOC1(C(NN)c2cnn(C)c2)CCCCC1. The van der Waals surface area contributed by atoms with E-state index in [1.807, 2.05) is 31.0 Å². The monoisotopic (exact) mass is 252 g/mol. The molecule has 1 aromatic heterocycles. The largest absolute Gasteiger partial charge is 0.373 e. The van der Waals surface area contributed by atoms with E-state index >= 15 is 0 Å². The van der Waals surface area contributed by atoms with E-state index in [1.54, 1.807) is 0 Å². The number of rotatable bonds is 5. The first-order valence-electron chi connectivity index (χ1n) is 6.80. The number of ether oxygens (including phenoxy) is 1. The Morgan fingerprint density at radius 1 is 1.50 bits per heavy atom. The molecule has 3 N–H and O–H groups in total. The average molecular weight is 252 g/mol. The Kier molecular flexibility index (Phi) is 4.37. The molecule has 18 heavy (non-hydrogen) atoms. The van der Waals surface area contributed by atoms with E-state index in [0.29, 0.717) is 0 Å². The first-order valence-corrected chi connectivity index (χ1v) is 6.80. The van der Waals surface area contributed by atoms with Gasteiger partial charge in [-0.1, -0.05) is 19.3 Å². The molecule has 1 heterocycles. The lowest BCUT2D eigenvalue weighted by Crippen LogP contribution is -2.49. The molecule has 1 aromatic rings. The number of nitrogens with one attached hydrogen (secondary N) is 1. The lowest BCUT2D eigenvalue weighted by Gasteiger charge is -2.42. The minimum Gasteiger partial charge on any atom is -0.373 e. The van der Waals surface area contributed by atoms with Gasteiger partial charge < -0.3 is 4.74 Å². The normalized spacial score (nSPS) is 20.8. The van der Waals surface area contributed by atoms with Crippen molar-refractivity contribution in [2.75, 3.05) is 6.61 Å². The maximum Gasteiger partial charge on any atom is 0.0890 e. The van der Waals surface area contributed by atoms with Crippen LogP contribution in [0.5, 0.6) is 0 Å². The number of nitrogens with two attached hydrogens (primary N) is 1. The zero-order valence-corrected chi connectivity index (χ0v) is 11.4. The summed E-state index contributed by atoms with van der Waals surface area (Å²) in [4.78, 5) is 0. The molecule has 1 atom stereocenters. The van der Waals surface area contributed by atoms with Gasteiger partial charge in [0, 0.05) is 25.4 Å². The number of aryl methyl sites for hydroxylation is 1. The lowest BCUT2D eigenvalue weighted by atomic mass is 9.77. The van der Waals surface area contributed by atoms with Gasteiger partial charge >= 0.3 is 0 Å². The minimum atomic E-state index is -0.176. The van der Waals surface area contributed by atoms with Crippen LogP contribution in [0.25, 0.3) is 0 Å². The highest BCUT2D eigenvalue weighted by atomic mass is 16.5. The summed E-state index contributed by atoms with van der Waals surface area (Å²) in [5.74, 6) is 5.79. The summed E-state index contributed by atoms with van der Waals surface area (Å²) in [5.41, 5.74) is 3.88. The first kappa shape index (κ1) is 13.5. The molecule has 0 aliphatic heterocycles. The zero-order chi connectivity index (χ0) is 13.0. The van der Waals surface area contributed by atoms with Crippen LogP contribution in [-0.4, -0.2) is 22.0 Å². The molecule has 0 saturated heterocycles. The third kappa shape index (κ3) is 2.58. The minimum absolute atomic E-state index is 0.0199. The van der Waals surface area contributed by atoms with Crippen LogP contribution in [0.3, 0.4) is 0 Å². The summed E-state index contributed by atoms with van der Waals surface area (Å²) in [7, 11) is 1.92. The van der Waals surface area contributed by atoms with Gasteiger partial charge in [0.2, 0.25) is 0 Å². The molecule has 2 rings (SSSR count). The maximum absolute atomic E-state index is 6.11. The van der Waals surface area contributed by atoms with Crippen molar-refractivity contribution in [2.45, 2.75) is 50.7 Å². The summed E-state index contributed by atoms with van der Waals surface area (Å²) in [5, 5.41) is 4.24. The molecular formula is C13H24N4O. The molecule has 1 fully saturated rings. The van der Waals surface area contributed by atoms with Crippen LogP contribution in [0, 0.1) is 0 Å². The summed E-state index contributed by atoms with van der Waals surface area (Å²) in [6.45, 7) is 2.77. The average Bonchev–Trinajstić information content (AvgIpc) is 2.78. The fraction of sp³-hybridized carbons (Fsp3) is 0.769. The van der Waals surface area contributed by atoms with Gasteiger partial charge in [-0.3, -0.25) is 10.5 Å². The Bertz CT molecular complexity index is 365. The van der Waals surface area contributed by atoms with Gasteiger partial charge in [-0.25, -0.2) is 5.43 Å². The highest BCUT2D eigenvalue weighted by Gasteiger charge is 2.41. The molecule has 1 aliphatic carbocycles. The number of hydrogen-bond acceptors (Lipinski definition) is 4. The van der Waals surface area contributed by atoms with Crippen LogP contribution in [0.4, 0.5) is 0 Å². The van der Waals surface area contributed by atoms with Gasteiger partial charge in [0.1, 0.15) is 0 Å². The molecule has 102 valence electrons. The predicted molar refractivity (Wildman–Crippen MR) is 70.7 cm³/mol. The molecule has 0 aromatic carbocycles. The Morgan fingerprint density at radius 2 is 2.22 bits per heavy atom. The Hall–Kier alpha value is -0.910. The van der Waals surface area contributed by atoms with Crippen LogP contribution < -0.4 is 11.3 Å². The van der Waals surface area contributed by atoms with Crippen molar-refractivity contribution in [3.63, 3.8) is 0 Å². The quantitative estimate of drug-likeness (QED) is 0.618. The van der Waals surface area contributed by atoms with E-state index in [4.69, 9.17) is 10.6 Å². The lowest BCUT2D eigenvalue weighted by molar-refractivity contribution is -0.0913. The topological polar surface area (TPSA) is 65.1 Å². The van der Waals surface area contributed by atoms with Crippen molar-refractivity contribution < 1.29 is 4.74 Å². The van der Waals surface area contributed by atoms with Gasteiger partial charge in [-0.15, -0.1) is 0 Å². The molecule has 1 saturated carbocycles. The summed E-state index contributed by atoms with van der Waals surface area (Å²) in [6, 6.07) is 0.0199. The molecule has 5 nitrogen and oxygen atoms in total. The molecule has 1 aliphatic rings. The standard InChI is InChI=1S/C13H24N4O/c1-3-18-13(7-5-4-6-8-13)12(16-14)11-9-15-17(2)10-11/h9-10,12,16H,3-8,14H2,1-2H3. The number of hydrazine groups is 1. The molecule has 0 amide bonds. The Balaban J connectivity index is 2.26. The van der Waals surface area contributed by atoms with Gasteiger partial charge in [-0.2, -0.15) is 5.10 Å². The summed E-state index contributed by atoms with van der Waals surface area (Å²) in [6.07, 6.45) is 9.71. The van der Waals surface area contributed by atoms with Crippen molar-refractivity contribution in [1.29, 1.82) is 0 Å². The van der Waals surface area contributed by atoms with Crippen LogP contribution >= 0.6 is 0 Å². The van der Waals surface area contributed by atoms with Crippen LogP contribution in [-0.2, 0) is 11.8 Å². The second-order valence-corrected chi connectivity index (χ2v) is 5.11. The second-order valence-electron chi connectivity index (χ2n) is 5.11. The number of nitrogens with zero attached hydrogens (tertiary/aromatic N) is 2. The van der Waals surface area contributed by atoms with E-state index in [2.05, 4.69) is 10.5 Å². The predicted octanol–water partition coefficient (Wildman–Crippen LogP) is 1.66. The molecular weight excluding hydrogens is 228 g/mol. The third-order valence-corrected chi connectivity index (χ3v) is 3.88. The fourth-order valence-corrected chi connectivity index (χ4v) is 3.10. The van der Waals surface area contributed by atoms with Crippen molar-refractivity contribution >= 4 is 0 Å². The van der Waals surface area contributed by atoms with Crippen LogP contribution in [0.1, 0.15) is 50.6 Å².